The van der Waals surface area contributed by atoms with Gasteiger partial charge < -0.3 is 11.1 Å². The van der Waals surface area contributed by atoms with Gasteiger partial charge in [0.2, 0.25) is 0 Å². The van der Waals surface area contributed by atoms with E-state index in [1.165, 1.54) is 0 Å². The Morgan fingerprint density at radius 1 is 1.56 bits per heavy atom. The predicted octanol–water partition coefficient (Wildman–Crippen LogP) is 0.598. The second kappa shape index (κ2) is 5.31. The number of aromatic nitrogens is 3. The minimum atomic E-state index is -0.568. The number of carbonyl (C=O) groups excluding carboxylic acids is 1. The normalized spacial score (nSPS) is 10.3. The number of aryl methyl sites for hydroxylation is 1. The number of nitrogens with two attached hydrogens (primary N) is 1. The lowest BCUT2D eigenvalue weighted by atomic mass is 10.3. The quantitative estimate of drug-likeness (QED) is 0.806. The summed E-state index contributed by atoms with van der Waals surface area (Å²) in [6.07, 6.45) is 3.40. The van der Waals surface area contributed by atoms with Crippen LogP contribution in [0.25, 0.3) is 0 Å². The van der Waals surface area contributed by atoms with Crippen LogP contribution in [0, 0.1) is 13.0 Å². The van der Waals surface area contributed by atoms with Crippen LogP contribution in [-0.4, -0.2) is 27.2 Å². The summed E-state index contributed by atoms with van der Waals surface area (Å²) in [5, 5.41) is 7.14. The molecule has 0 fully saturated rings. The van der Waals surface area contributed by atoms with Crippen LogP contribution in [0.3, 0.4) is 0 Å². The Bertz CT molecular complexity index is 532. The molecule has 18 heavy (non-hydrogen) atoms. The molecule has 0 aromatic carbocycles. The lowest BCUT2D eigenvalue weighted by Crippen LogP contribution is -2.15. The smallest absolute Gasteiger partial charge is 0.269 e. The molecule has 0 saturated carbocycles. The van der Waals surface area contributed by atoms with Crippen LogP contribution < -0.4 is 11.1 Å². The van der Waals surface area contributed by atoms with Crippen LogP contribution in [0.15, 0.2) is 24.5 Å². The van der Waals surface area contributed by atoms with Crippen molar-refractivity contribution in [2.45, 2.75) is 13.5 Å². The van der Waals surface area contributed by atoms with E-state index < -0.39 is 5.91 Å². The molecule has 0 spiro atoms. The molecule has 2 aromatic rings. The fourth-order valence-electron chi connectivity index (χ4n) is 1.43. The molecule has 0 atom stereocenters. The maximum atomic E-state index is 10.8. The van der Waals surface area contributed by atoms with Gasteiger partial charge in [-0.2, -0.15) is 5.10 Å². The number of nitrogens with one attached hydrogen (secondary N) is 1. The SMILES string of the molecule is Cc1ccc(NCCn2c[c]c(C(N)=O)n2)nc1. The third-order valence-electron chi connectivity index (χ3n) is 2.37. The standard InChI is InChI=1S/C12H14N5O/c1-9-2-3-11(15-8-9)14-5-7-17-6-4-10(16-17)12(13)18/h2-3,6,8H,5,7H2,1H3,(H2,13,18)(H,14,15). The Morgan fingerprint density at radius 2 is 2.39 bits per heavy atom. The molecule has 6 nitrogen and oxygen atoms in total. The van der Waals surface area contributed by atoms with Gasteiger partial charge in [0.15, 0.2) is 5.69 Å². The number of nitrogens with zero attached hydrogens (tertiary/aromatic N) is 3. The highest BCUT2D eigenvalue weighted by Crippen LogP contribution is 2.03. The first-order valence-electron chi connectivity index (χ1n) is 5.56. The lowest BCUT2D eigenvalue weighted by Gasteiger charge is -2.05. The number of amides is 1. The van der Waals surface area contributed by atoms with Crippen LogP contribution in [0.4, 0.5) is 5.82 Å². The molecule has 3 N–H and O–H groups in total. The first-order valence-corrected chi connectivity index (χ1v) is 5.56. The second-order valence-corrected chi connectivity index (χ2v) is 3.90. The largest absolute Gasteiger partial charge is 0.368 e. The first kappa shape index (κ1) is 12.1. The zero-order valence-corrected chi connectivity index (χ0v) is 10.1. The Kier molecular flexibility index (Phi) is 3.57. The van der Waals surface area contributed by atoms with Gasteiger partial charge >= 0.3 is 0 Å². The average Bonchev–Trinajstić information content (AvgIpc) is 2.81. The van der Waals surface area contributed by atoms with Crippen LogP contribution in [0.5, 0.6) is 0 Å². The number of anilines is 1. The van der Waals surface area contributed by atoms with Crippen LogP contribution in [0.2, 0.25) is 0 Å². The number of carbonyl (C=O) groups is 1. The molecule has 1 amide bonds. The maximum absolute atomic E-state index is 10.8. The number of pyridine rings is 1. The lowest BCUT2D eigenvalue weighted by molar-refractivity contribution is 0.0994. The van der Waals surface area contributed by atoms with Crippen molar-refractivity contribution >= 4 is 11.7 Å². The number of hydrogen-bond acceptors (Lipinski definition) is 4. The fraction of sp³-hybridized carbons (Fsp3) is 0.250. The summed E-state index contributed by atoms with van der Waals surface area (Å²) >= 11 is 0. The van der Waals surface area contributed by atoms with Crippen molar-refractivity contribution in [2.75, 3.05) is 11.9 Å². The average molecular weight is 244 g/mol. The molecule has 1 radical (unpaired) electrons. The number of rotatable bonds is 5. The third kappa shape index (κ3) is 3.07. The summed E-state index contributed by atoms with van der Waals surface area (Å²) in [6.45, 7) is 3.25. The minimum absolute atomic E-state index is 0.156. The van der Waals surface area contributed by atoms with Gasteiger partial charge in [0.25, 0.3) is 5.91 Å². The first-order chi connectivity index (χ1) is 8.65. The summed E-state index contributed by atoms with van der Waals surface area (Å²) in [4.78, 5) is 15.1. The van der Waals surface area contributed by atoms with Gasteiger partial charge in [-0.1, -0.05) is 6.07 Å². The molecule has 0 unspecified atom stereocenters. The second-order valence-electron chi connectivity index (χ2n) is 3.90. The zero-order chi connectivity index (χ0) is 13.0. The Morgan fingerprint density at radius 3 is 3.00 bits per heavy atom. The Hall–Kier alpha value is -2.37. The number of hydrogen-bond donors (Lipinski definition) is 2. The van der Waals surface area contributed by atoms with E-state index in [2.05, 4.69) is 21.5 Å². The van der Waals surface area contributed by atoms with Crippen molar-refractivity contribution in [1.82, 2.24) is 14.8 Å². The molecular weight excluding hydrogens is 230 g/mol. The summed E-state index contributed by atoms with van der Waals surface area (Å²) < 4.78 is 1.61. The summed E-state index contributed by atoms with van der Waals surface area (Å²) in [7, 11) is 0. The topological polar surface area (TPSA) is 85.8 Å². The molecule has 0 aliphatic rings. The third-order valence-corrected chi connectivity index (χ3v) is 2.37. The van der Waals surface area contributed by atoms with Crippen molar-refractivity contribution in [1.29, 1.82) is 0 Å². The molecule has 6 heteroatoms. The van der Waals surface area contributed by atoms with Gasteiger partial charge in [-0.15, -0.1) is 0 Å². The van der Waals surface area contributed by atoms with Gasteiger partial charge in [0.05, 0.1) is 6.54 Å². The van der Waals surface area contributed by atoms with Crippen molar-refractivity contribution in [2.24, 2.45) is 5.73 Å². The molecule has 0 aliphatic carbocycles. The summed E-state index contributed by atoms with van der Waals surface area (Å²) in [5.74, 6) is 0.244. The van der Waals surface area contributed by atoms with E-state index in [1.807, 2.05) is 19.1 Å². The van der Waals surface area contributed by atoms with Crippen molar-refractivity contribution in [3.05, 3.63) is 41.9 Å². The summed E-state index contributed by atoms with van der Waals surface area (Å²) in [5.41, 5.74) is 6.36. The van der Waals surface area contributed by atoms with E-state index in [-0.39, 0.29) is 5.69 Å². The van der Waals surface area contributed by atoms with Crippen molar-refractivity contribution in [3.63, 3.8) is 0 Å². The molecule has 2 aromatic heterocycles. The van der Waals surface area contributed by atoms with E-state index in [1.54, 1.807) is 17.1 Å². The Balaban J connectivity index is 1.84. The van der Waals surface area contributed by atoms with Crippen molar-refractivity contribution < 1.29 is 4.79 Å². The van der Waals surface area contributed by atoms with Gasteiger partial charge in [-0.05, 0) is 18.6 Å². The molecule has 0 saturated heterocycles. The van der Waals surface area contributed by atoms with Crippen LogP contribution in [0.1, 0.15) is 16.1 Å². The van der Waals surface area contributed by atoms with E-state index >= 15 is 0 Å². The summed E-state index contributed by atoms with van der Waals surface area (Å²) in [6, 6.07) is 6.60. The van der Waals surface area contributed by atoms with Crippen molar-refractivity contribution in [3.8, 4) is 0 Å². The molecule has 2 heterocycles. The van der Waals surface area contributed by atoms with Gasteiger partial charge in [-0.3, -0.25) is 9.48 Å². The Labute approximate surface area is 105 Å². The fourth-order valence-corrected chi connectivity index (χ4v) is 1.43. The van der Waals surface area contributed by atoms with Crippen LogP contribution in [-0.2, 0) is 6.54 Å². The molecule has 0 aliphatic heterocycles. The van der Waals surface area contributed by atoms with E-state index in [0.29, 0.717) is 13.1 Å². The van der Waals surface area contributed by atoms with Gasteiger partial charge in [0.1, 0.15) is 5.82 Å². The van der Waals surface area contributed by atoms with Gasteiger partial charge in [-0.25, -0.2) is 4.98 Å². The monoisotopic (exact) mass is 244 g/mol. The number of primary amides is 1. The zero-order valence-electron chi connectivity index (χ0n) is 10.1. The molecule has 2 rings (SSSR count). The van der Waals surface area contributed by atoms with E-state index in [9.17, 15) is 4.79 Å². The van der Waals surface area contributed by atoms with E-state index in [4.69, 9.17) is 5.73 Å². The maximum Gasteiger partial charge on any atom is 0.269 e. The van der Waals surface area contributed by atoms with E-state index in [0.717, 1.165) is 11.4 Å². The van der Waals surface area contributed by atoms with Crippen LogP contribution >= 0.6 is 0 Å². The molecule has 0 bridgehead atoms. The predicted molar refractivity (Wildman–Crippen MR) is 67.0 cm³/mol. The highest BCUT2D eigenvalue weighted by molar-refractivity contribution is 5.90. The molecule has 93 valence electrons. The highest BCUT2D eigenvalue weighted by atomic mass is 16.1. The minimum Gasteiger partial charge on any atom is -0.368 e. The van der Waals surface area contributed by atoms with Gasteiger partial charge in [0, 0.05) is 25.0 Å². The highest BCUT2D eigenvalue weighted by Gasteiger charge is 2.04. The molecular formula is C12H14N5O.